The molecule has 82 valence electrons. The van der Waals surface area contributed by atoms with Gasteiger partial charge in [0.1, 0.15) is 6.07 Å². The Morgan fingerprint density at radius 1 is 1.44 bits per heavy atom. The largest absolute Gasteiger partial charge is 0.472 e. The van der Waals surface area contributed by atoms with Crippen molar-refractivity contribution in [2.45, 2.75) is 25.9 Å². The number of furan rings is 1. The molecule has 0 saturated heterocycles. The molecule has 1 aromatic heterocycles. The zero-order valence-electron chi connectivity index (χ0n) is 9.14. The lowest BCUT2D eigenvalue weighted by atomic mass is 10.2. The van der Waals surface area contributed by atoms with E-state index in [0.29, 0.717) is 11.3 Å². The summed E-state index contributed by atoms with van der Waals surface area (Å²) in [5, 5.41) is 9.93. The van der Waals surface area contributed by atoms with Crippen molar-refractivity contribution in [1.29, 1.82) is 5.26 Å². The Morgan fingerprint density at radius 3 is 3.06 bits per heavy atom. The zero-order valence-corrected chi connectivity index (χ0v) is 9.14. The van der Waals surface area contributed by atoms with Gasteiger partial charge >= 0.3 is 0 Å². The second-order valence-electron chi connectivity index (χ2n) is 3.62. The van der Waals surface area contributed by atoms with Gasteiger partial charge in [-0.25, -0.2) is 0 Å². The molecule has 1 unspecified atom stereocenters. The summed E-state index contributed by atoms with van der Waals surface area (Å²) in [6, 6.07) is 9.70. The molecule has 0 bridgehead atoms. The molecule has 1 heterocycles. The number of fused-ring (bicyclic) bond motifs is 1. The van der Waals surface area contributed by atoms with Crippen LogP contribution < -0.4 is 4.74 Å². The van der Waals surface area contributed by atoms with Crippen molar-refractivity contribution in [2.75, 3.05) is 0 Å². The molecule has 1 aromatic carbocycles. The number of ether oxygens (including phenoxy) is 1. The van der Waals surface area contributed by atoms with E-state index in [4.69, 9.17) is 14.4 Å². The van der Waals surface area contributed by atoms with Gasteiger partial charge < -0.3 is 9.15 Å². The smallest absolute Gasteiger partial charge is 0.184 e. The number of rotatable bonds is 4. The molecule has 0 spiro atoms. The molecular weight excluding hydrogens is 202 g/mol. The van der Waals surface area contributed by atoms with Gasteiger partial charge in [0.15, 0.2) is 17.4 Å². The van der Waals surface area contributed by atoms with E-state index in [9.17, 15) is 0 Å². The fourth-order valence-corrected chi connectivity index (χ4v) is 1.62. The molecule has 2 aromatic rings. The van der Waals surface area contributed by atoms with Crippen LogP contribution in [0.5, 0.6) is 5.75 Å². The van der Waals surface area contributed by atoms with E-state index in [1.54, 1.807) is 6.26 Å². The third kappa shape index (κ3) is 2.01. The van der Waals surface area contributed by atoms with Gasteiger partial charge in [-0.1, -0.05) is 25.5 Å². The van der Waals surface area contributed by atoms with Crippen LogP contribution in [0.15, 0.2) is 34.9 Å². The average molecular weight is 215 g/mol. The van der Waals surface area contributed by atoms with Crippen LogP contribution in [0.25, 0.3) is 11.0 Å². The number of para-hydroxylation sites is 1. The summed E-state index contributed by atoms with van der Waals surface area (Å²) < 4.78 is 11.0. The van der Waals surface area contributed by atoms with Crippen LogP contribution in [0.1, 0.15) is 19.8 Å². The van der Waals surface area contributed by atoms with Gasteiger partial charge in [-0.3, -0.25) is 0 Å². The lowest BCUT2D eigenvalue weighted by Gasteiger charge is -2.11. The van der Waals surface area contributed by atoms with E-state index < -0.39 is 6.10 Å². The Labute approximate surface area is 94.2 Å². The van der Waals surface area contributed by atoms with Crippen LogP contribution in [-0.2, 0) is 0 Å². The third-order valence-electron chi connectivity index (χ3n) is 2.41. The minimum Gasteiger partial charge on any atom is -0.472 e. The quantitative estimate of drug-likeness (QED) is 0.784. The molecular formula is C13H13NO2. The first kappa shape index (κ1) is 10.6. The van der Waals surface area contributed by atoms with Crippen LogP contribution in [-0.4, -0.2) is 6.10 Å². The minimum absolute atomic E-state index is 0.402. The highest BCUT2D eigenvalue weighted by Crippen LogP contribution is 2.27. The van der Waals surface area contributed by atoms with Crippen molar-refractivity contribution >= 4 is 11.0 Å². The first-order valence-corrected chi connectivity index (χ1v) is 5.37. The SMILES string of the molecule is CCCC(C#N)Oc1cccc2ccoc12. The van der Waals surface area contributed by atoms with Gasteiger partial charge in [0.05, 0.1) is 6.26 Å². The predicted octanol–water partition coefficient (Wildman–Crippen LogP) is 3.50. The van der Waals surface area contributed by atoms with Gasteiger partial charge in [-0.15, -0.1) is 0 Å². The van der Waals surface area contributed by atoms with Gasteiger partial charge in [0.25, 0.3) is 0 Å². The number of nitriles is 1. The second kappa shape index (κ2) is 4.71. The van der Waals surface area contributed by atoms with E-state index in [0.717, 1.165) is 18.2 Å². The lowest BCUT2D eigenvalue weighted by molar-refractivity contribution is 0.244. The van der Waals surface area contributed by atoms with Crippen LogP contribution >= 0.6 is 0 Å². The Kier molecular flexibility index (Phi) is 3.11. The van der Waals surface area contributed by atoms with Crippen molar-refractivity contribution < 1.29 is 9.15 Å². The van der Waals surface area contributed by atoms with Crippen LogP contribution in [0.2, 0.25) is 0 Å². The molecule has 3 heteroatoms. The standard InChI is InChI=1S/C13H13NO2/c1-2-4-11(9-14)16-12-6-3-5-10-7-8-15-13(10)12/h3,5-8,11H,2,4H2,1H3. The molecule has 0 aliphatic carbocycles. The molecule has 3 nitrogen and oxygen atoms in total. The summed E-state index contributed by atoms with van der Waals surface area (Å²) in [5.41, 5.74) is 0.707. The topological polar surface area (TPSA) is 46.2 Å². The van der Waals surface area contributed by atoms with Crippen molar-refractivity contribution in [2.24, 2.45) is 0 Å². The highest BCUT2D eigenvalue weighted by molar-refractivity contribution is 5.82. The van der Waals surface area contributed by atoms with Crippen molar-refractivity contribution in [3.05, 3.63) is 30.5 Å². The second-order valence-corrected chi connectivity index (χ2v) is 3.62. The maximum Gasteiger partial charge on any atom is 0.184 e. The Balaban J connectivity index is 2.26. The van der Waals surface area contributed by atoms with Crippen LogP contribution in [0, 0.1) is 11.3 Å². The fourth-order valence-electron chi connectivity index (χ4n) is 1.62. The lowest BCUT2D eigenvalue weighted by Crippen LogP contribution is -2.13. The van der Waals surface area contributed by atoms with E-state index in [2.05, 4.69) is 6.07 Å². The Morgan fingerprint density at radius 2 is 2.31 bits per heavy atom. The molecule has 0 aliphatic heterocycles. The third-order valence-corrected chi connectivity index (χ3v) is 2.41. The predicted molar refractivity (Wildman–Crippen MR) is 61.2 cm³/mol. The number of hydrogen-bond acceptors (Lipinski definition) is 3. The minimum atomic E-state index is -0.402. The number of hydrogen-bond donors (Lipinski definition) is 0. The van der Waals surface area contributed by atoms with Crippen molar-refractivity contribution in [3.63, 3.8) is 0 Å². The monoisotopic (exact) mass is 215 g/mol. The molecule has 0 fully saturated rings. The Bertz CT molecular complexity index is 510. The van der Waals surface area contributed by atoms with Gasteiger partial charge in [0.2, 0.25) is 0 Å². The molecule has 1 atom stereocenters. The van der Waals surface area contributed by atoms with Gasteiger partial charge in [-0.2, -0.15) is 5.26 Å². The molecule has 0 N–H and O–H groups in total. The van der Waals surface area contributed by atoms with E-state index in [1.165, 1.54) is 0 Å². The number of nitrogens with zero attached hydrogens (tertiary/aromatic N) is 1. The summed E-state index contributed by atoms with van der Waals surface area (Å²) in [5.74, 6) is 0.641. The summed E-state index contributed by atoms with van der Waals surface area (Å²) in [6.45, 7) is 2.03. The average Bonchev–Trinajstić information content (AvgIpc) is 2.77. The first-order valence-electron chi connectivity index (χ1n) is 5.37. The normalized spacial score (nSPS) is 12.2. The summed E-state index contributed by atoms with van der Waals surface area (Å²) >= 11 is 0. The molecule has 0 radical (unpaired) electrons. The molecule has 16 heavy (non-hydrogen) atoms. The maximum atomic E-state index is 8.94. The number of benzene rings is 1. The van der Waals surface area contributed by atoms with Gasteiger partial charge in [0, 0.05) is 5.39 Å². The fraction of sp³-hybridized carbons (Fsp3) is 0.308. The maximum absolute atomic E-state index is 8.94. The van der Waals surface area contributed by atoms with E-state index >= 15 is 0 Å². The van der Waals surface area contributed by atoms with Crippen LogP contribution in [0.3, 0.4) is 0 Å². The first-order chi connectivity index (χ1) is 7.85. The highest BCUT2D eigenvalue weighted by atomic mass is 16.5. The summed E-state index contributed by atoms with van der Waals surface area (Å²) in [6.07, 6.45) is 2.87. The van der Waals surface area contributed by atoms with E-state index in [1.807, 2.05) is 31.2 Å². The summed E-state index contributed by atoms with van der Waals surface area (Å²) in [7, 11) is 0. The van der Waals surface area contributed by atoms with E-state index in [-0.39, 0.29) is 0 Å². The zero-order chi connectivity index (χ0) is 11.4. The van der Waals surface area contributed by atoms with Crippen LogP contribution in [0.4, 0.5) is 0 Å². The van der Waals surface area contributed by atoms with Crippen molar-refractivity contribution in [3.8, 4) is 11.8 Å². The molecule has 2 rings (SSSR count). The van der Waals surface area contributed by atoms with Gasteiger partial charge in [-0.05, 0) is 18.6 Å². The van der Waals surface area contributed by atoms with Crippen molar-refractivity contribution in [1.82, 2.24) is 0 Å². The molecule has 0 aliphatic rings. The molecule has 0 saturated carbocycles. The summed E-state index contributed by atoms with van der Waals surface area (Å²) in [4.78, 5) is 0. The highest BCUT2D eigenvalue weighted by Gasteiger charge is 2.11. The Hall–Kier alpha value is -1.95. The molecule has 0 amide bonds.